The second-order valence-corrected chi connectivity index (χ2v) is 7.11. The van der Waals surface area contributed by atoms with Gasteiger partial charge in [-0.25, -0.2) is 0 Å². The zero-order valence-corrected chi connectivity index (χ0v) is 14.6. The van der Waals surface area contributed by atoms with Crippen LogP contribution in [-0.4, -0.2) is 17.6 Å². The van der Waals surface area contributed by atoms with E-state index in [0.717, 1.165) is 21.9 Å². The summed E-state index contributed by atoms with van der Waals surface area (Å²) >= 11 is 1.53. The highest BCUT2D eigenvalue weighted by Gasteiger charge is 2.25. The van der Waals surface area contributed by atoms with Crippen molar-refractivity contribution >= 4 is 28.0 Å². The van der Waals surface area contributed by atoms with Gasteiger partial charge in [-0.1, -0.05) is 42.5 Å². The topological polar surface area (TPSA) is 49.3 Å². The third kappa shape index (κ3) is 3.50. The Morgan fingerprint density at radius 2 is 1.96 bits per heavy atom. The van der Waals surface area contributed by atoms with Crippen LogP contribution in [0.4, 0.5) is 0 Å². The van der Waals surface area contributed by atoms with Crippen LogP contribution in [0.1, 0.15) is 30.9 Å². The summed E-state index contributed by atoms with van der Waals surface area (Å²) in [4.78, 5) is 12.5. The molecule has 3 rings (SSSR count). The molecule has 0 aliphatic carbocycles. The second kappa shape index (κ2) is 6.75. The van der Waals surface area contributed by atoms with Crippen LogP contribution in [0.5, 0.6) is 0 Å². The van der Waals surface area contributed by atoms with E-state index < -0.39 is 5.60 Å². The molecule has 0 saturated carbocycles. The number of hydrogen-bond acceptors (Lipinski definition) is 3. The molecule has 2 atom stereocenters. The summed E-state index contributed by atoms with van der Waals surface area (Å²) in [6, 6.07) is 16.1. The van der Waals surface area contributed by atoms with Crippen molar-refractivity contribution in [2.75, 3.05) is 6.54 Å². The highest BCUT2D eigenvalue weighted by molar-refractivity contribution is 7.08. The van der Waals surface area contributed by atoms with Crippen LogP contribution in [0, 0.1) is 0 Å². The fraction of sp³-hybridized carbons (Fsp3) is 0.250. The molecular formula is C20H21NO2S. The van der Waals surface area contributed by atoms with E-state index in [4.69, 9.17) is 0 Å². The smallest absolute Gasteiger partial charge is 0.227 e. The number of nitrogens with one attached hydrogen (secondary N) is 1. The van der Waals surface area contributed by atoms with Crippen LogP contribution < -0.4 is 5.32 Å². The molecule has 124 valence electrons. The summed E-state index contributed by atoms with van der Waals surface area (Å²) in [6.07, 6.45) is 0. The van der Waals surface area contributed by atoms with Gasteiger partial charge in [-0.05, 0) is 52.6 Å². The van der Waals surface area contributed by atoms with Crippen molar-refractivity contribution < 1.29 is 9.90 Å². The Morgan fingerprint density at radius 1 is 1.21 bits per heavy atom. The molecule has 0 bridgehead atoms. The van der Waals surface area contributed by atoms with Crippen molar-refractivity contribution in [1.82, 2.24) is 5.32 Å². The number of benzene rings is 2. The quantitative estimate of drug-likeness (QED) is 0.737. The average molecular weight is 339 g/mol. The molecule has 0 spiro atoms. The molecule has 0 aliphatic heterocycles. The first-order valence-corrected chi connectivity index (χ1v) is 8.93. The van der Waals surface area contributed by atoms with Gasteiger partial charge in [0.25, 0.3) is 0 Å². The van der Waals surface area contributed by atoms with Gasteiger partial charge in [-0.15, -0.1) is 0 Å². The third-order valence-electron chi connectivity index (χ3n) is 4.42. The lowest BCUT2D eigenvalue weighted by Crippen LogP contribution is -2.40. The molecule has 4 heteroatoms. The molecule has 2 N–H and O–H groups in total. The first kappa shape index (κ1) is 16.7. The molecule has 3 aromatic rings. The van der Waals surface area contributed by atoms with Gasteiger partial charge in [0.2, 0.25) is 5.91 Å². The summed E-state index contributed by atoms with van der Waals surface area (Å²) in [5, 5.41) is 19.5. The van der Waals surface area contributed by atoms with Crippen LogP contribution in [0.2, 0.25) is 0 Å². The lowest BCUT2D eigenvalue weighted by molar-refractivity contribution is -0.123. The van der Waals surface area contributed by atoms with Gasteiger partial charge in [0.05, 0.1) is 12.5 Å². The Bertz CT molecular complexity index is 840. The highest BCUT2D eigenvalue weighted by Crippen LogP contribution is 2.24. The maximum Gasteiger partial charge on any atom is 0.227 e. The van der Waals surface area contributed by atoms with Crippen LogP contribution in [-0.2, 0) is 10.4 Å². The van der Waals surface area contributed by atoms with Gasteiger partial charge >= 0.3 is 0 Å². The van der Waals surface area contributed by atoms with Crippen LogP contribution in [0.3, 0.4) is 0 Å². The van der Waals surface area contributed by atoms with E-state index in [1.54, 1.807) is 6.92 Å². The van der Waals surface area contributed by atoms with Crippen molar-refractivity contribution in [3.63, 3.8) is 0 Å². The molecule has 1 amide bonds. The summed E-state index contributed by atoms with van der Waals surface area (Å²) < 4.78 is 0. The van der Waals surface area contributed by atoms with E-state index >= 15 is 0 Å². The number of thiophene rings is 1. The number of carbonyl (C=O) groups is 1. The average Bonchev–Trinajstić information content (AvgIpc) is 3.14. The standard InChI is InChI=1S/C20H21NO2S/c1-14(16-8-7-15-5-3-4-6-17(15)11-16)19(22)21-13-20(2,23)18-9-10-24-12-18/h3-12,14,23H,13H2,1-2H3,(H,21,22). The van der Waals surface area contributed by atoms with E-state index in [9.17, 15) is 9.90 Å². The summed E-state index contributed by atoms with van der Waals surface area (Å²) in [5.74, 6) is -0.353. The van der Waals surface area contributed by atoms with Crippen molar-refractivity contribution in [3.8, 4) is 0 Å². The Balaban J connectivity index is 1.69. The molecule has 0 saturated heterocycles. The molecule has 0 radical (unpaired) electrons. The number of fused-ring (bicyclic) bond motifs is 1. The van der Waals surface area contributed by atoms with Gasteiger partial charge < -0.3 is 10.4 Å². The van der Waals surface area contributed by atoms with Crippen molar-refractivity contribution in [3.05, 3.63) is 70.4 Å². The molecule has 0 aliphatic rings. The summed E-state index contributed by atoms with van der Waals surface area (Å²) in [6.45, 7) is 3.80. The van der Waals surface area contributed by atoms with Crippen LogP contribution >= 0.6 is 11.3 Å². The van der Waals surface area contributed by atoms with Crippen LogP contribution in [0.25, 0.3) is 10.8 Å². The molecule has 2 aromatic carbocycles. The zero-order chi connectivity index (χ0) is 17.2. The molecular weight excluding hydrogens is 318 g/mol. The molecule has 24 heavy (non-hydrogen) atoms. The SMILES string of the molecule is CC(C(=O)NCC(C)(O)c1ccsc1)c1ccc2ccccc2c1. The van der Waals surface area contributed by atoms with Gasteiger partial charge in [0.1, 0.15) is 5.60 Å². The normalized spacial score (nSPS) is 15.0. The predicted octanol–water partition coefficient (Wildman–Crippen LogP) is 4.03. The molecule has 0 fully saturated rings. The Labute approximate surface area is 146 Å². The highest BCUT2D eigenvalue weighted by atomic mass is 32.1. The summed E-state index contributed by atoms with van der Waals surface area (Å²) in [5.41, 5.74) is 0.742. The van der Waals surface area contributed by atoms with E-state index in [-0.39, 0.29) is 18.4 Å². The number of amides is 1. The minimum atomic E-state index is -1.06. The lowest BCUT2D eigenvalue weighted by atomic mass is 9.95. The largest absolute Gasteiger partial charge is 0.384 e. The van der Waals surface area contributed by atoms with Gasteiger partial charge in [0, 0.05) is 0 Å². The predicted molar refractivity (Wildman–Crippen MR) is 99.3 cm³/mol. The van der Waals surface area contributed by atoms with Gasteiger partial charge in [-0.3, -0.25) is 4.79 Å². The second-order valence-electron chi connectivity index (χ2n) is 6.33. The monoisotopic (exact) mass is 339 g/mol. The molecule has 1 heterocycles. The van der Waals surface area contributed by atoms with E-state index in [1.165, 1.54) is 11.3 Å². The molecule has 3 nitrogen and oxygen atoms in total. The van der Waals surface area contributed by atoms with Gasteiger partial charge in [0.15, 0.2) is 0 Å². The maximum absolute atomic E-state index is 12.5. The fourth-order valence-corrected chi connectivity index (χ4v) is 3.50. The molecule has 2 unspecified atom stereocenters. The Hall–Kier alpha value is -2.17. The van der Waals surface area contributed by atoms with E-state index in [1.807, 2.05) is 54.1 Å². The van der Waals surface area contributed by atoms with Crippen molar-refractivity contribution in [2.24, 2.45) is 0 Å². The first-order valence-electron chi connectivity index (χ1n) is 7.99. The number of rotatable bonds is 5. The number of carbonyl (C=O) groups excluding carboxylic acids is 1. The van der Waals surface area contributed by atoms with Gasteiger partial charge in [-0.2, -0.15) is 11.3 Å². The van der Waals surface area contributed by atoms with Crippen LogP contribution in [0.15, 0.2) is 59.3 Å². The fourth-order valence-electron chi connectivity index (χ4n) is 2.71. The first-order chi connectivity index (χ1) is 11.5. The van der Waals surface area contributed by atoms with Crippen molar-refractivity contribution in [1.29, 1.82) is 0 Å². The van der Waals surface area contributed by atoms with E-state index in [2.05, 4.69) is 17.4 Å². The van der Waals surface area contributed by atoms with E-state index in [0.29, 0.717) is 0 Å². The Morgan fingerprint density at radius 3 is 2.67 bits per heavy atom. The summed E-state index contributed by atoms with van der Waals surface area (Å²) in [7, 11) is 0. The Kier molecular flexibility index (Phi) is 4.69. The maximum atomic E-state index is 12.5. The lowest BCUT2D eigenvalue weighted by Gasteiger charge is -2.24. The third-order valence-corrected chi connectivity index (χ3v) is 5.10. The minimum absolute atomic E-state index is 0.0826. The molecule has 1 aromatic heterocycles. The van der Waals surface area contributed by atoms with Crippen molar-refractivity contribution in [2.45, 2.75) is 25.4 Å². The zero-order valence-electron chi connectivity index (χ0n) is 13.8. The number of aliphatic hydroxyl groups is 1. The number of hydrogen-bond donors (Lipinski definition) is 2. The minimum Gasteiger partial charge on any atom is -0.384 e.